The Morgan fingerprint density at radius 2 is 1.61 bits per heavy atom. The van der Waals surface area contributed by atoms with Crippen molar-refractivity contribution < 1.29 is 28.6 Å². The van der Waals surface area contributed by atoms with E-state index in [0.717, 1.165) is 24.8 Å². The molecule has 2 atom stereocenters. The van der Waals surface area contributed by atoms with E-state index in [1.165, 1.54) is 7.11 Å². The summed E-state index contributed by atoms with van der Waals surface area (Å²) in [7, 11) is 1.41. The lowest BCUT2D eigenvalue weighted by Gasteiger charge is -2.46. The van der Waals surface area contributed by atoms with E-state index in [-0.39, 0.29) is 35.9 Å². The molecule has 2 amide bonds. The van der Waals surface area contributed by atoms with Crippen molar-refractivity contribution in [2.75, 3.05) is 26.9 Å². The van der Waals surface area contributed by atoms with Crippen molar-refractivity contribution in [1.29, 1.82) is 0 Å². The van der Waals surface area contributed by atoms with E-state index >= 15 is 0 Å². The zero-order valence-electron chi connectivity index (χ0n) is 20.3. The van der Waals surface area contributed by atoms with E-state index in [9.17, 15) is 14.4 Å². The Morgan fingerprint density at radius 3 is 2.24 bits per heavy atom. The molecular weight excluding hydrogens is 424 g/mol. The second-order valence-electron chi connectivity index (χ2n) is 10.0. The largest absolute Gasteiger partial charge is 0.469 e. The smallest absolute Gasteiger partial charge is 0.407 e. The van der Waals surface area contributed by atoms with Gasteiger partial charge in [0.1, 0.15) is 0 Å². The molecule has 1 aromatic carbocycles. The van der Waals surface area contributed by atoms with Crippen LogP contribution in [0.25, 0.3) is 0 Å². The number of nitrogens with one attached hydrogen (secondary N) is 2. The van der Waals surface area contributed by atoms with Crippen molar-refractivity contribution in [3.63, 3.8) is 0 Å². The number of methoxy groups -OCH3 is 1. The van der Waals surface area contributed by atoms with Crippen LogP contribution in [0.3, 0.4) is 0 Å². The highest BCUT2D eigenvalue weighted by molar-refractivity contribution is 5.69. The van der Waals surface area contributed by atoms with Crippen LogP contribution in [0.15, 0.2) is 30.3 Å². The van der Waals surface area contributed by atoms with E-state index < -0.39 is 12.2 Å². The van der Waals surface area contributed by atoms with E-state index in [1.807, 2.05) is 30.3 Å². The summed E-state index contributed by atoms with van der Waals surface area (Å²) in [6, 6.07) is 9.56. The van der Waals surface area contributed by atoms with Gasteiger partial charge in [-0.05, 0) is 41.6 Å². The van der Waals surface area contributed by atoms with Crippen LogP contribution < -0.4 is 10.6 Å². The van der Waals surface area contributed by atoms with Gasteiger partial charge in [-0.2, -0.15) is 0 Å². The summed E-state index contributed by atoms with van der Waals surface area (Å²) in [6.07, 6.45) is 2.58. The summed E-state index contributed by atoms with van der Waals surface area (Å²) in [5.41, 5.74) is 0.941. The number of ether oxygens (including phenoxy) is 3. The van der Waals surface area contributed by atoms with E-state index in [4.69, 9.17) is 14.2 Å². The number of carbonyl (C=O) groups is 3. The van der Waals surface area contributed by atoms with Crippen molar-refractivity contribution in [3.05, 3.63) is 35.9 Å². The quantitative estimate of drug-likeness (QED) is 0.303. The SMILES string of the molecule is COC(=O)CC1CC(C)(C)CC(C)(CNC(=O)OCCCOC(=O)NCc2ccccc2)C1. The van der Waals surface area contributed by atoms with Crippen LogP contribution in [-0.2, 0) is 25.5 Å². The first kappa shape index (κ1) is 26.5. The third kappa shape index (κ3) is 10.1. The van der Waals surface area contributed by atoms with Gasteiger partial charge in [0.25, 0.3) is 0 Å². The second kappa shape index (κ2) is 12.5. The Labute approximate surface area is 196 Å². The minimum atomic E-state index is -0.502. The maximum absolute atomic E-state index is 12.1. The molecule has 8 heteroatoms. The number of hydrogen-bond donors (Lipinski definition) is 2. The number of benzene rings is 1. The molecule has 0 saturated heterocycles. The van der Waals surface area contributed by atoms with Crippen molar-refractivity contribution in [1.82, 2.24) is 10.6 Å². The van der Waals surface area contributed by atoms with Crippen molar-refractivity contribution >= 4 is 18.2 Å². The Hall–Kier alpha value is -2.77. The first-order valence-corrected chi connectivity index (χ1v) is 11.5. The molecular formula is C25H38N2O6. The maximum Gasteiger partial charge on any atom is 0.407 e. The fraction of sp³-hybridized carbons (Fsp3) is 0.640. The Bertz CT molecular complexity index is 782. The van der Waals surface area contributed by atoms with E-state index in [1.54, 1.807) is 0 Å². The number of hydrogen-bond acceptors (Lipinski definition) is 6. The molecule has 8 nitrogen and oxygen atoms in total. The highest BCUT2D eigenvalue weighted by Gasteiger charge is 2.42. The van der Waals surface area contributed by atoms with Crippen LogP contribution in [0, 0.1) is 16.7 Å². The molecule has 1 aliphatic rings. The Kier molecular flexibility index (Phi) is 10.0. The third-order valence-electron chi connectivity index (χ3n) is 5.91. The monoisotopic (exact) mass is 462 g/mol. The normalized spacial score (nSPS) is 21.5. The fourth-order valence-corrected chi connectivity index (χ4v) is 4.99. The van der Waals surface area contributed by atoms with Gasteiger partial charge < -0.3 is 24.8 Å². The molecule has 184 valence electrons. The van der Waals surface area contributed by atoms with Crippen molar-refractivity contribution in [2.24, 2.45) is 16.7 Å². The van der Waals surface area contributed by atoms with E-state index in [0.29, 0.717) is 25.9 Å². The topological polar surface area (TPSA) is 103 Å². The molecule has 33 heavy (non-hydrogen) atoms. The summed E-state index contributed by atoms with van der Waals surface area (Å²) in [5.74, 6) is 0.0394. The second-order valence-corrected chi connectivity index (χ2v) is 10.0. The molecule has 2 N–H and O–H groups in total. The standard InChI is InChI=1S/C25H38N2O6/c1-24(2)14-20(13-21(28)31-4)15-25(3,17-24)18-27-23(30)33-12-8-11-32-22(29)26-16-19-9-6-5-7-10-19/h5-7,9-10,20H,8,11-18H2,1-4H3,(H,26,29)(H,27,30). The molecule has 1 saturated carbocycles. The lowest BCUT2D eigenvalue weighted by Crippen LogP contribution is -2.44. The Morgan fingerprint density at radius 1 is 0.970 bits per heavy atom. The highest BCUT2D eigenvalue weighted by atomic mass is 16.6. The van der Waals surface area contributed by atoms with Gasteiger partial charge >= 0.3 is 18.2 Å². The molecule has 0 spiro atoms. The molecule has 2 rings (SSSR count). The number of carbonyl (C=O) groups excluding carboxylic acids is 3. The average Bonchev–Trinajstić information content (AvgIpc) is 2.75. The average molecular weight is 463 g/mol. The van der Waals surface area contributed by atoms with Crippen LogP contribution in [-0.4, -0.2) is 45.0 Å². The first-order chi connectivity index (χ1) is 15.6. The molecule has 0 heterocycles. The highest BCUT2D eigenvalue weighted by Crippen LogP contribution is 2.49. The van der Waals surface area contributed by atoms with Crippen molar-refractivity contribution in [3.8, 4) is 0 Å². The fourth-order valence-electron chi connectivity index (χ4n) is 4.99. The van der Waals surface area contributed by atoms with Gasteiger partial charge in [-0.3, -0.25) is 4.79 Å². The Balaban J connectivity index is 1.62. The van der Waals surface area contributed by atoms with Crippen LogP contribution in [0.2, 0.25) is 0 Å². The van der Waals surface area contributed by atoms with Crippen LogP contribution >= 0.6 is 0 Å². The number of amides is 2. The summed E-state index contributed by atoms with van der Waals surface area (Å²) in [4.78, 5) is 35.6. The molecule has 0 aromatic heterocycles. The summed E-state index contributed by atoms with van der Waals surface area (Å²) >= 11 is 0. The third-order valence-corrected chi connectivity index (χ3v) is 5.91. The summed E-state index contributed by atoms with van der Waals surface area (Å²) in [5, 5.41) is 5.53. The minimum Gasteiger partial charge on any atom is -0.469 e. The van der Waals surface area contributed by atoms with E-state index in [2.05, 4.69) is 31.4 Å². The van der Waals surface area contributed by atoms with Gasteiger partial charge in [0.15, 0.2) is 0 Å². The number of alkyl carbamates (subject to hydrolysis) is 2. The van der Waals surface area contributed by atoms with Crippen LogP contribution in [0.1, 0.15) is 58.4 Å². The molecule has 1 fully saturated rings. The molecule has 0 radical (unpaired) electrons. The first-order valence-electron chi connectivity index (χ1n) is 11.5. The zero-order chi connectivity index (χ0) is 24.3. The van der Waals surface area contributed by atoms with Gasteiger partial charge in [0.05, 0.1) is 20.3 Å². The maximum atomic E-state index is 12.1. The van der Waals surface area contributed by atoms with Gasteiger partial charge in [0.2, 0.25) is 0 Å². The predicted molar refractivity (Wildman–Crippen MR) is 124 cm³/mol. The van der Waals surface area contributed by atoms with Gasteiger partial charge in [0, 0.05) is 25.9 Å². The van der Waals surface area contributed by atoms with Crippen molar-refractivity contribution in [2.45, 2.75) is 59.4 Å². The molecule has 0 bridgehead atoms. The van der Waals surface area contributed by atoms with Gasteiger partial charge in [-0.1, -0.05) is 51.1 Å². The lowest BCUT2D eigenvalue weighted by molar-refractivity contribution is -0.142. The van der Waals surface area contributed by atoms with Crippen LogP contribution in [0.4, 0.5) is 9.59 Å². The molecule has 1 aromatic rings. The zero-order valence-corrected chi connectivity index (χ0v) is 20.3. The minimum absolute atomic E-state index is 0.0791. The molecule has 2 unspecified atom stereocenters. The molecule has 0 aliphatic heterocycles. The summed E-state index contributed by atoms with van der Waals surface area (Å²) in [6.45, 7) is 7.73. The molecule has 1 aliphatic carbocycles. The van der Waals surface area contributed by atoms with Crippen LogP contribution in [0.5, 0.6) is 0 Å². The predicted octanol–water partition coefficient (Wildman–Crippen LogP) is 4.42. The number of rotatable bonds is 10. The number of esters is 1. The van der Waals surface area contributed by atoms with Gasteiger partial charge in [-0.15, -0.1) is 0 Å². The summed E-state index contributed by atoms with van der Waals surface area (Å²) < 4.78 is 15.1. The lowest BCUT2D eigenvalue weighted by atomic mass is 9.60. The van der Waals surface area contributed by atoms with Gasteiger partial charge in [-0.25, -0.2) is 9.59 Å².